The van der Waals surface area contributed by atoms with Gasteiger partial charge in [0, 0.05) is 23.9 Å². The summed E-state index contributed by atoms with van der Waals surface area (Å²) in [5.41, 5.74) is 3.03. The number of nitrogens with zero attached hydrogens (tertiary/aromatic N) is 4. The molecule has 4 aromatic rings. The third-order valence-corrected chi connectivity index (χ3v) is 6.67. The maximum atomic E-state index is 6.09. The van der Waals surface area contributed by atoms with Gasteiger partial charge in [-0.3, -0.25) is 0 Å². The number of hydrogen-bond donors (Lipinski definition) is 1. The fourth-order valence-electron chi connectivity index (χ4n) is 3.36. The molecule has 0 radical (unpaired) electrons. The molecule has 0 saturated heterocycles. The molecule has 0 amide bonds. The summed E-state index contributed by atoms with van der Waals surface area (Å²) in [5.74, 6) is 2.21. The van der Waals surface area contributed by atoms with E-state index in [0.717, 1.165) is 38.7 Å². The third-order valence-electron chi connectivity index (χ3n) is 4.92. The summed E-state index contributed by atoms with van der Waals surface area (Å²) in [6.45, 7) is 4.39. The Hall–Kier alpha value is -2.59. The van der Waals surface area contributed by atoms with Crippen LogP contribution in [-0.2, 0) is 13.2 Å². The van der Waals surface area contributed by atoms with Gasteiger partial charge in [0.2, 0.25) is 5.16 Å². The summed E-state index contributed by atoms with van der Waals surface area (Å²) in [6, 6.07) is 21.6. The van der Waals surface area contributed by atoms with E-state index in [0.29, 0.717) is 36.3 Å². The molecule has 0 bridgehead atoms. The minimum absolute atomic E-state index is 0.399. The number of halogens is 2. The lowest BCUT2D eigenvalue weighted by atomic mass is 10.2. The van der Waals surface area contributed by atoms with Crippen LogP contribution in [0, 0.1) is 0 Å². The highest BCUT2D eigenvalue weighted by molar-refractivity contribution is 9.10. The zero-order valence-corrected chi connectivity index (χ0v) is 22.3. The molecule has 0 unspecified atom stereocenters. The van der Waals surface area contributed by atoms with Crippen LogP contribution >= 0.6 is 39.3 Å². The van der Waals surface area contributed by atoms with Gasteiger partial charge in [-0.2, -0.15) is 4.68 Å². The number of thioether (sulfide) groups is 1. The Morgan fingerprint density at radius 1 is 1.03 bits per heavy atom. The minimum Gasteiger partial charge on any atom is -0.490 e. The average Bonchev–Trinajstić information content (AvgIpc) is 3.33. The molecule has 10 heteroatoms. The molecule has 1 aromatic heterocycles. The lowest BCUT2D eigenvalue weighted by Gasteiger charge is -2.16. The van der Waals surface area contributed by atoms with Gasteiger partial charge in [-0.05, 0) is 80.8 Å². The molecule has 3 aromatic carbocycles. The van der Waals surface area contributed by atoms with Crippen LogP contribution in [0.3, 0.4) is 0 Å². The SMILES string of the molecule is CCOc1cc(CNCCSc2nnnn2-c2ccccc2)cc(Br)c1OCc1cccc(Cl)c1. The summed E-state index contributed by atoms with van der Waals surface area (Å²) >= 11 is 11.3. The zero-order chi connectivity index (χ0) is 24.5. The van der Waals surface area contributed by atoms with Gasteiger partial charge >= 0.3 is 0 Å². The Morgan fingerprint density at radius 2 is 1.89 bits per heavy atom. The predicted molar refractivity (Wildman–Crippen MR) is 143 cm³/mol. The first-order chi connectivity index (χ1) is 17.1. The summed E-state index contributed by atoms with van der Waals surface area (Å²) in [4.78, 5) is 0. The largest absolute Gasteiger partial charge is 0.490 e. The Bertz CT molecular complexity index is 1240. The van der Waals surface area contributed by atoms with Gasteiger partial charge in [-0.25, -0.2) is 0 Å². The molecular weight excluding hydrogens is 550 g/mol. The van der Waals surface area contributed by atoms with E-state index in [-0.39, 0.29) is 0 Å². The van der Waals surface area contributed by atoms with Crippen LogP contribution in [0.4, 0.5) is 0 Å². The van der Waals surface area contributed by atoms with Crippen molar-refractivity contribution in [2.24, 2.45) is 0 Å². The van der Waals surface area contributed by atoms with E-state index in [2.05, 4.69) is 36.8 Å². The van der Waals surface area contributed by atoms with Gasteiger partial charge in [0.15, 0.2) is 11.5 Å². The molecule has 0 fully saturated rings. The molecule has 7 nitrogen and oxygen atoms in total. The number of aromatic nitrogens is 4. The molecular formula is C25H25BrClN5O2S. The van der Waals surface area contributed by atoms with Crippen LogP contribution < -0.4 is 14.8 Å². The van der Waals surface area contributed by atoms with Crippen molar-refractivity contribution in [1.29, 1.82) is 0 Å². The highest BCUT2D eigenvalue weighted by Crippen LogP contribution is 2.37. The van der Waals surface area contributed by atoms with Crippen molar-refractivity contribution in [3.8, 4) is 17.2 Å². The first kappa shape index (κ1) is 25.5. The van der Waals surface area contributed by atoms with Crippen molar-refractivity contribution in [2.45, 2.75) is 25.2 Å². The summed E-state index contributed by atoms with van der Waals surface area (Å²) in [5, 5.41) is 17.0. The molecule has 1 N–H and O–H groups in total. The molecule has 0 spiro atoms. The van der Waals surface area contributed by atoms with Crippen LogP contribution in [0.1, 0.15) is 18.1 Å². The van der Waals surface area contributed by atoms with E-state index < -0.39 is 0 Å². The maximum absolute atomic E-state index is 6.09. The second kappa shape index (κ2) is 12.9. The van der Waals surface area contributed by atoms with Crippen molar-refractivity contribution in [2.75, 3.05) is 18.9 Å². The number of benzene rings is 3. The topological polar surface area (TPSA) is 74.1 Å². The smallest absolute Gasteiger partial charge is 0.214 e. The molecule has 1 heterocycles. The number of rotatable bonds is 12. The van der Waals surface area contributed by atoms with Crippen molar-refractivity contribution in [3.63, 3.8) is 0 Å². The Balaban J connectivity index is 1.31. The second-order valence-electron chi connectivity index (χ2n) is 7.49. The van der Waals surface area contributed by atoms with Crippen LogP contribution in [0.5, 0.6) is 11.5 Å². The number of nitrogens with one attached hydrogen (secondary N) is 1. The highest BCUT2D eigenvalue weighted by atomic mass is 79.9. The van der Waals surface area contributed by atoms with Gasteiger partial charge in [0.25, 0.3) is 0 Å². The maximum Gasteiger partial charge on any atom is 0.214 e. The van der Waals surface area contributed by atoms with Crippen molar-refractivity contribution in [1.82, 2.24) is 25.5 Å². The van der Waals surface area contributed by atoms with Gasteiger partial charge in [0.1, 0.15) is 6.61 Å². The van der Waals surface area contributed by atoms with E-state index >= 15 is 0 Å². The van der Waals surface area contributed by atoms with Crippen LogP contribution in [0.25, 0.3) is 5.69 Å². The average molecular weight is 575 g/mol. The fourth-order valence-corrected chi connectivity index (χ4v) is 4.96. The van der Waals surface area contributed by atoms with Crippen molar-refractivity contribution < 1.29 is 9.47 Å². The predicted octanol–water partition coefficient (Wildman–Crippen LogP) is 5.94. The molecule has 0 aliphatic rings. The van der Waals surface area contributed by atoms with Gasteiger partial charge in [0.05, 0.1) is 16.8 Å². The Labute approximate surface area is 222 Å². The quantitative estimate of drug-likeness (QED) is 0.166. The van der Waals surface area contributed by atoms with Crippen LogP contribution in [-0.4, -0.2) is 39.1 Å². The fraction of sp³-hybridized carbons (Fsp3) is 0.240. The molecule has 4 rings (SSSR count). The molecule has 0 aliphatic heterocycles. The van der Waals surface area contributed by atoms with Gasteiger partial charge in [-0.15, -0.1) is 5.10 Å². The van der Waals surface area contributed by atoms with Crippen molar-refractivity contribution in [3.05, 3.63) is 87.4 Å². The van der Waals surface area contributed by atoms with E-state index in [4.69, 9.17) is 21.1 Å². The Morgan fingerprint density at radius 3 is 2.69 bits per heavy atom. The molecule has 0 aliphatic carbocycles. The molecule has 0 saturated carbocycles. The summed E-state index contributed by atoms with van der Waals surface area (Å²) in [7, 11) is 0. The van der Waals surface area contributed by atoms with Gasteiger partial charge in [-0.1, -0.05) is 53.7 Å². The number of ether oxygens (including phenoxy) is 2. The first-order valence-corrected chi connectivity index (χ1v) is 13.3. The monoisotopic (exact) mass is 573 g/mol. The third kappa shape index (κ3) is 7.20. The number of tetrazole rings is 1. The lowest BCUT2D eigenvalue weighted by Crippen LogP contribution is -2.17. The number of hydrogen-bond acceptors (Lipinski definition) is 7. The minimum atomic E-state index is 0.399. The van der Waals surface area contributed by atoms with Crippen molar-refractivity contribution >= 4 is 39.3 Å². The second-order valence-corrected chi connectivity index (χ2v) is 9.84. The van der Waals surface area contributed by atoms with E-state index in [1.54, 1.807) is 16.4 Å². The standard InChI is InChI=1S/C25H25BrClN5O2S/c1-2-33-23-15-19(14-22(26)24(23)34-17-18-7-6-8-20(27)13-18)16-28-11-12-35-25-29-30-31-32(25)21-9-4-3-5-10-21/h3-10,13-15,28H,2,11-12,16-17H2,1H3. The van der Waals surface area contributed by atoms with E-state index in [1.807, 2.05) is 73.7 Å². The molecule has 35 heavy (non-hydrogen) atoms. The lowest BCUT2D eigenvalue weighted by molar-refractivity contribution is 0.267. The van der Waals surface area contributed by atoms with Crippen LogP contribution in [0.2, 0.25) is 5.02 Å². The molecule has 0 atom stereocenters. The zero-order valence-electron chi connectivity index (χ0n) is 19.2. The van der Waals surface area contributed by atoms with Gasteiger partial charge < -0.3 is 14.8 Å². The van der Waals surface area contributed by atoms with E-state index in [9.17, 15) is 0 Å². The highest BCUT2D eigenvalue weighted by Gasteiger charge is 2.13. The number of para-hydroxylation sites is 1. The van der Waals surface area contributed by atoms with Crippen LogP contribution in [0.15, 0.2) is 76.4 Å². The molecule has 182 valence electrons. The summed E-state index contributed by atoms with van der Waals surface area (Å²) < 4.78 is 14.5. The summed E-state index contributed by atoms with van der Waals surface area (Å²) in [6.07, 6.45) is 0. The normalized spacial score (nSPS) is 10.9. The Kier molecular flexibility index (Phi) is 9.42. The van der Waals surface area contributed by atoms with E-state index in [1.165, 1.54) is 0 Å². The first-order valence-electron chi connectivity index (χ1n) is 11.1.